The highest BCUT2D eigenvalue weighted by molar-refractivity contribution is 7.11. The van der Waals surface area contributed by atoms with Gasteiger partial charge in [-0.2, -0.15) is 0 Å². The van der Waals surface area contributed by atoms with Gasteiger partial charge in [0.2, 0.25) is 0 Å². The molecule has 0 unspecified atom stereocenters. The van der Waals surface area contributed by atoms with Crippen molar-refractivity contribution in [2.24, 2.45) is 0 Å². The van der Waals surface area contributed by atoms with Gasteiger partial charge < -0.3 is 11.1 Å². The van der Waals surface area contributed by atoms with E-state index in [9.17, 15) is 4.79 Å². The summed E-state index contributed by atoms with van der Waals surface area (Å²) in [6.45, 7) is 2.36. The Kier molecular flexibility index (Phi) is 3.29. The van der Waals surface area contributed by atoms with Crippen molar-refractivity contribution >= 4 is 23.1 Å². The lowest BCUT2D eigenvalue weighted by Crippen LogP contribution is -2.23. The minimum absolute atomic E-state index is 0.250. The number of rotatable bonds is 3. The Morgan fingerprint density at radius 3 is 2.76 bits per heavy atom. The molecule has 1 amide bonds. The average molecular weight is 249 g/mol. The molecule has 0 bridgehead atoms. The quantitative estimate of drug-likeness (QED) is 0.837. The van der Waals surface area contributed by atoms with Crippen LogP contribution in [0, 0.1) is 6.92 Å². The molecule has 0 saturated heterocycles. The van der Waals surface area contributed by atoms with Crippen molar-refractivity contribution in [3.63, 3.8) is 0 Å². The molecular weight excluding hydrogens is 238 g/mol. The molecule has 0 radical (unpaired) electrons. The number of hydrogen-bond acceptors (Lipinski definition) is 6. The number of aromatic nitrogens is 3. The fraction of sp³-hybridized carbons (Fsp3) is 0.200. The number of thiazole rings is 1. The zero-order chi connectivity index (χ0) is 12.3. The van der Waals surface area contributed by atoms with E-state index in [1.807, 2.05) is 6.92 Å². The van der Waals surface area contributed by atoms with Gasteiger partial charge in [-0.3, -0.25) is 4.79 Å². The molecular formula is C10H11N5OS. The summed E-state index contributed by atoms with van der Waals surface area (Å²) in [6.07, 6.45) is 4.45. The van der Waals surface area contributed by atoms with Crippen LogP contribution in [-0.2, 0) is 6.54 Å². The maximum Gasteiger partial charge on any atom is 0.271 e. The smallest absolute Gasteiger partial charge is 0.271 e. The molecule has 2 heterocycles. The third-order valence-electron chi connectivity index (χ3n) is 2.00. The topological polar surface area (TPSA) is 93.8 Å². The van der Waals surface area contributed by atoms with Crippen molar-refractivity contribution in [3.05, 3.63) is 34.2 Å². The zero-order valence-electron chi connectivity index (χ0n) is 9.17. The first kappa shape index (κ1) is 11.5. The molecule has 0 saturated carbocycles. The molecule has 0 spiro atoms. The summed E-state index contributed by atoms with van der Waals surface area (Å²) >= 11 is 1.55. The first-order valence-corrected chi connectivity index (χ1v) is 5.74. The Bertz CT molecular complexity index is 522. The van der Waals surface area contributed by atoms with E-state index in [2.05, 4.69) is 20.3 Å². The van der Waals surface area contributed by atoms with E-state index in [1.165, 1.54) is 12.4 Å². The molecule has 6 nitrogen and oxygen atoms in total. The van der Waals surface area contributed by atoms with Crippen molar-refractivity contribution in [1.29, 1.82) is 0 Å². The first-order valence-electron chi connectivity index (χ1n) is 4.92. The summed E-state index contributed by atoms with van der Waals surface area (Å²) in [5.74, 6) is 0.0168. The Morgan fingerprint density at radius 2 is 2.18 bits per heavy atom. The second kappa shape index (κ2) is 4.88. The number of hydrogen-bond donors (Lipinski definition) is 2. The van der Waals surface area contributed by atoms with Crippen LogP contribution in [0.4, 0.5) is 5.82 Å². The van der Waals surface area contributed by atoms with Crippen molar-refractivity contribution in [3.8, 4) is 0 Å². The van der Waals surface area contributed by atoms with Gasteiger partial charge in [0.05, 0.1) is 23.9 Å². The summed E-state index contributed by atoms with van der Waals surface area (Å²) in [7, 11) is 0. The summed E-state index contributed by atoms with van der Waals surface area (Å²) in [5, 5.41) is 3.71. The number of nitrogen functional groups attached to an aromatic ring is 1. The summed E-state index contributed by atoms with van der Waals surface area (Å²) in [6, 6.07) is 0. The third kappa shape index (κ3) is 2.97. The highest BCUT2D eigenvalue weighted by Gasteiger charge is 2.07. The van der Waals surface area contributed by atoms with Crippen molar-refractivity contribution in [1.82, 2.24) is 20.3 Å². The second-order valence-electron chi connectivity index (χ2n) is 3.35. The predicted octanol–water partition coefficient (Wildman–Crippen LogP) is 0.754. The number of carbonyl (C=O) groups is 1. The molecule has 3 N–H and O–H groups in total. The van der Waals surface area contributed by atoms with Gasteiger partial charge in [0.1, 0.15) is 11.5 Å². The fourth-order valence-electron chi connectivity index (χ4n) is 1.20. The highest BCUT2D eigenvalue weighted by atomic mass is 32.1. The van der Waals surface area contributed by atoms with E-state index in [-0.39, 0.29) is 11.6 Å². The second-order valence-corrected chi connectivity index (χ2v) is 4.67. The van der Waals surface area contributed by atoms with Crippen LogP contribution in [0.5, 0.6) is 0 Å². The Hall–Kier alpha value is -2.02. The maximum absolute atomic E-state index is 11.7. The number of amides is 1. The number of carbonyl (C=O) groups excluding carboxylic acids is 1. The fourth-order valence-corrected chi connectivity index (χ4v) is 1.93. The van der Waals surface area contributed by atoms with Crippen LogP contribution in [0.1, 0.15) is 20.4 Å². The third-order valence-corrected chi connectivity index (χ3v) is 2.91. The molecule has 7 heteroatoms. The largest absolute Gasteiger partial charge is 0.382 e. The van der Waals surface area contributed by atoms with Crippen molar-refractivity contribution in [2.75, 3.05) is 5.73 Å². The zero-order valence-corrected chi connectivity index (χ0v) is 9.99. The summed E-state index contributed by atoms with van der Waals surface area (Å²) in [4.78, 5) is 24.5. The highest BCUT2D eigenvalue weighted by Crippen LogP contribution is 2.10. The normalized spacial score (nSPS) is 10.2. The SMILES string of the molecule is Cc1ncc(CNC(=O)c2cnc(N)cn2)s1. The van der Waals surface area contributed by atoms with E-state index < -0.39 is 0 Å². The molecule has 2 aromatic rings. The molecule has 88 valence electrons. The van der Waals surface area contributed by atoms with Crippen LogP contribution in [0.2, 0.25) is 0 Å². The van der Waals surface area contributed by atoms with E-state index >= 15 is 0 Å². The molecule has 0 aliphatic carbocycles. The Morgan fingerprint density at radius 1 is 1.35 bits per heavy atom. The van der Waals surface area contributed by atoms with Gasteiger partial charge in [0.15, 0.2) is 0 Å². The van der Waals surface area contributed by atoms with Gasteiger partial charge in [-0.1, -0.05) is 0 Å². The maximum atomic E-state index is 11.7. The van der Waals surface area contributed by atoms with E-state index in [4.69, 9.17) is 5.73 Å². The van der Waals surface area contributed by atoms with E-state index in [0.717, 1.165) is 9.88 Å². The standard InChI is InChI=1S/C10H11N5OS/c1-6-12-2-7(17-6)3-15-10(16)8-4-14-9(11)5-13-8/h2,4-5H,3H2,1H3,(H2,11,14)(H,15,16). The Labute approximate surface area is 102 Å². The van der Waals surface area contributed by atoms with Gasteiger partial charge in [0, 0.05) is 11.1 Å². The van der Waals surface area contributed by atoms with Crippen LogP contribution in [0.15, 0.2) is 18.6 Å². The van der Waals surface area contributed by atoms with Crippen LogP contribution in [-0.4, -0.2) is 20.9 Å². The van der Waals surface area contributed by atoms with Crippen LogP contribution >= 0.6 is 11.3 Å². The van der Waals surface area contributed by atoms with E-state index in [0.29, 0.717) is 12.4 Å². The monoisotopic (exact) mass is 249 g/mol. The van der Waals surface area contributed by atoms with Crippen LogP contribution in [0.3, 0.4) is 0 Å². The van der Waals surface area contributed by atoms with Crippen molar-refractivity contribution < 1.29 is 4.79 Å². The molecule has 17 heavy (non-hydrogen) atoms. The minimum atomic E-state index is -0.274. The van der Waals surface area contributed by atoms with Gasteiger partial charge in [-0.15, -0.1) is 11.3 Å². The van der Waals surface area contributed by atoms with Gasteiger partial charge in [-0.25, -0.2) is 15.0 Å². The van der Waals surface area contributed by atoms with Gasteiger partial charge in [0.25, 0.3) is 5.91 Å². The lowest BCUT2D eigenvalue weighted by atomic mass is 10.4. The average Bonchev–Trinajstić information content (AvgIpc) is 2.73. The summed E-state index contributed by atoms with van der Waals surface area (Å²) < 4.78 is 0. The number of nitrogens with zero attached hydrogens (tertiary/aromatic N) is 3. The number of nitrogens with one attached hydrogen (secondary N) is 1. The van der Waals surface area contributed by atoms with Gasteiger partial charge in [-0.05, 0) is 6.92 Å². The molecule has 0 aliphatic rings. The van der Waals surface area contributed by atoms with E-state index in [1.54, 1.807) is 17.5 Å². The molecule has 2 aromatic heterocycles. The lowest BCUT2D eigenvalue weighted by molar-refractivity contribution is 0.0946. The Balaban J connectivity index is 1.95. The van der Waals surface area contributed by atoms with Crippen LogP contribution < -0.4 is 11.1 Å². The first-order chi connectivity index (χ1) is 8.15. The van der Waals surface area contributed by atoms with Crippen LogP contribution in [0.25, 0.3) is 0 Å². The molecule has 0 aromatic carbocycles. The summed E-state index contributed by atoms with van der Waals surface area (Å²) in [5.41, 5.74) is 5.63. The molecule has 0 fully saturated rings. The number of aryl methyl sites for hydroxylation is 1. The molecule has 0 atom stereocenters. The van der Waals surface area contributed by atoms with Crippen molar-refractivity contribution in [2.45, 2.75) is 13.5 Å². The minimum Gasteiger partial charge on any atom is -0.382 e. The molecule has 2 rings (SSSR count). The number of nitrogens with two attached hydrogens (primary N) is 1. The lowest BCUT2D eigenvalue weighted by Gasteiger charge is -2.02. The number of anilines is 1. The van der Waals surface area contributed by atoms with Gasteiger partial charge >= 0.3 is 0 Å². The predicted molar refractivity (Wildman–Crippen MR) is 64.5 cm³/mol. The molecule has 0 aliphatic heterocycles.